The number of carbonyl (C=O) groups excluding carboxylic acids is 1. The molecular weight excluding hydrogens is 505 g/mol. The Balaban J connectivity index is 2.23. The predicted molar refractivity (Wildman–Crippen MR) is 145 cm³/mol. The van der Waals surface area contributed by atoms with Gasteiger partial charge in [-0.05, 0) is 64.6 Å². The van der Waals surface area contributed by atoms with Crippen molar-refractivity contribution in [2.45, 2.75) is 33.7 Å². The molecule has 2 aromatic carbocycles. The van der Waals surface area contributed by atoms with Gasteiger partial charge in [-0.2, -0.15) is 0 Å². The second kappa shape index (κ2) is 11.7. The first-order chi connectivity index (χ1) is 17.0. The lowest BCUT2D eigenvalue weighted by molar-refractivity contribution is 0.0941. The number of amides is 1. The van der Waals surface area contributed by atoms with Gasteiger partial charge in [-0.3, -0.25) is 14.2 Å². The van der Waals surface area contributed by atoms with Crippen LogP contribution in [-0.4, -0.2) is 23.6 Å². The summed E-state index contributed by atoms with van der Waals surface area (Å²) in [6, 6.07) is 9.55. The number of nitrogens with zero attached hydrogens (tertiary/aromatic N) is 1. The van der Waals surface area contributed by atoms with Gasteiger partial charge in [0.1, 0.15) is 28.0 Å². The number of ether oxygens (including phenoxy) is 1. The smallest absolute Gasteiger partial charge is 0.259 e. The Bertz CT molecular complexity index is 1350. The highest BCUT2D eigenvalue weighted by molar-refractivity contribution is 7.98. The van der Waals surface area contributed by atoms with Crippen LogP contribution in [0.1, 0.15) is 35.3 Å². The molecule has 36 heavy (non-hydrogen) atoms. The van der Waals surface area contributed by atoms with E-state index in [1.54, 1.807) is 51.2 Å². The van der Waals surface area contributed by atoms with Crippen molar-refractivity contribution in [2.24, 2.45) is 7.05 Å². The van der Waals surface area contributed by atoms with E-state index in [0.717, 1.165) is 5.56 Å². The van der Waals surface area contributed by atoms with Crippen molar-refractivity contribution >= 4 is 46.8 Å². The Labute approximate surface area is 218 Å². The van der Waals surface area contributed by atoms with E-state index in [1.165, 1.54) is 29.8 Å². The normalized spacial score (nSPS) is 10.9. The maximum absolute atomic E-state index is 14.7. The molecule has 1 heterocycles. The minimum absolute atomic E-state index is 0.0200. The number of anilines is 3. The van der Waals surface area contributed by atoms with Crippen LogP contribution in [0.5, 0.6) is 11.5 Å². The molecule has 1 aromatic heterocycles. The van der Waals surface area contributed by atoms with Gasteiger partial charge in [0.15, 0.2) is 5.75 Å². The lowest BCUT2D eigenvalue weighted by atomic mass is 10.1. The zero-order chi connectivity index (χ0) is 26.6. The largest absolute Gasteiger partial charge is 0.454 e. The van der Waals surface area contributed by atoms with E-state index in [-0.39, 0.29) is 45.2 Å². The Morgan fingerprint density at radius 1 is 1.17 bits per heavy atom. The topological polar surface area (TPSA) is 96.4 Å². The third-order valence-electron chi connectivity index (χ3n) is 5.23. The highest BCUT2D eigenvalue weighted by Gasteiger charge is 2.27. The quantitative estimate of drug-likeness (QED) is 0.263. The van der Waals surface area contributed by atoms with Gasteiger partial charge in [0.2, 0.25) is 0 Å². The maximum atomic E-state index is 14.7. The molecule has 0 aliphatic carbocycles. The van der Waals surface area contributed by atoms with E-state index in [2.05, 4.69) is 20.1 Å². The highest BCUT2D eigenvalue weighted by Crippen LogP contribution is 2.39. The number of hydrogen-bond donors (Lipinski definition) is 4. The Morgan fingerprint density at radius 3 is 2.53 bits per heavy atom. The van der Waals surface area contributed by atoms with Crippen LogP contribution in [-0.2, 0) is 7.05 Å². The average Bonchev–Trinajstić information content (AvgIpc) is 2.82. The van der Waals surface area contributed by atoms with Gasteiger partial charge in [-0.15, -0.1) is 0 Å². The molecule has 0 fully saturated rings. The molecular formula is C25H29ClFN5O3S. The Kier molecular flexibility index (Phi) is 8.89. The van der Waals surface area contributed by atoms with Crippen molar-refractivity contribution in [1.82, 2.24) is 14.6 Å². The first-order valence-electron chi connectivity index (χ1n) is 11.2. The molecule has 0 spiro atoms. The zero-order valence-electron chi connectivity index (χ0n) is 20.9. The van der Waals surface area contributed by atoms with Crippen LogP contribution < -0.4 is 30.4 Å². The summed E-state index contributed by atoms with van der Waals surface area (Å²) >= 11 is 7.78. The SMILES string of the molecule is CNSNc1cccc(Oc2c(C(=O)NC(C)C)c(Nc3ccc(C)cc3F)n(C)c(=O)c2C)c1Cl. The number of benzene rings is 2. The van der Waals surface area contributed by atoms with Gasteiger partial charge in [0, 0.05) is 25.2 Å². The summed E-state index contributed by atoms with van der Waals surface area (Å²) in [5.74, 6) is -0.681. The highest BCUT2D eigenvalue weighted by atomic mass is 35.5. The minimum atomic E-state index is -0.524. The predicted octanol–water partition coefficient (Wildman–Crippen LogP) is 5.66. The number of aryl methyl sites for hydroxylation is 1. The van der Waals surface area contributed by atoms with E-state index >= 15 is 0 Å². The lowest BCUT2D eigenvalue weighted by Crippen LogP contribution is -2.34. The molecule has 3 rings (SSSR count). The Hall–Kier alpha value is -3.21. The van der Waals surface area contributed by atoms with E-state index in [1.807, 2.05) is 13.8 Å². The molecule has 0 saturated heterocycles. The van der Waals surface area contributed by atoms with Gasteiger partial charge in [0.05, 0.1) is 16.9 Å². The molecule has 1 amide bonds. The fourth-order valence-electron chi connectivity index (χ4n) is 3.47. The van der Waals surface area contributed by atoms with Gasteiger partial charge < -0.3 is 20.1 Å². The molecule has 0 saturated carbocycles. The minimum Gasteiger partial charge on any atom is -0.454 e. The van der Waals surface area contributed by atoms with Crippen LogP contribution in [0.15, 0.2) is 41.2 Å². The number of pyridine rings is 1. The number of nitrogens with one attached hydrogen (secondary N) is 4. The lowest BCUT2D eigenvalue weighted by Gasteiger charge is -2.22. The Morgan fingerprint density at radius 2 is 1.89 bits per heavy atom. The summed E-state index contributed by atoms with van der Waals surface area (Å²) < 4.78 is 28.1. The summed E-state index contributed by atoms with van der Waals surface area (Å²) in [6.07, 6.45) is 0. The van der Waals surface area contributed by atoms with Crippen LogP contribution in [0.25, 0.3) is 0 Å². The molecule has 0 unspecified atom stereocenters. The molecule has 3 aromatic rings. The number of hydrogen-bond acceptors (Lipinski definition) is 7. The summed E-state index contributed by atoms with van der Waals surface area (Å²) in [5, 5.41) is 6.03. The number of halogens is 2. The number of carbonyl (C=O) groups is 1. The van der Waals surface area contributed by atoms with Gasteiger partial charge >= 0.3 is 0 Å². The molecule has 0 aliphatic rings. The summed E-state index contributed by atoms with van der Waals surface area (Å²) in [5.41, 5.74) is 1.23. The monoisotopic (exact) mass is 533 g/mol. The van der Waals surface area contributed by atoms with E-state index in [9.17, 15) is 14.0 Å². The number of rotatable bonds is 9. The molecule has 0 atom stereocenters. The molecule has 11 heteroatoms. The van der Waals surface area contributed by atoms with Crippen molar-refractivity contribution in [1.29, 1.82) is 0 Å². The van der Waals surface area contributed by atoms with Gasteiger partial charge in [0.25, 0.3) is 11.5 Å². The van der Waals surface area contributed by atoms with Crippen LogP contribution in [0.4, 0.5) is 21.6 Å². The standard InChI is InChI=1S/C25H29ClFN5O3S/c1-13(2)29-24(33)20-22(35-19-9-7-8-18(21(19)26)31-36-28-5)15(4)25(34)32(6)23(20)30-17-11-10-14(3)12-16(17)27/h7-13,28,30-31H,1-6H3,(H,29,33). The molecule has 0 aliphatic heterocycles. The van der Waals surface area contributed by atoms with E-state index in [4.69, 9.17) is 16.3 Å². The summed E-state index contributed by atoms with van der Waals surface area (Å²) in [6.45, 7) is 6.95. The molecule has 8 nitrogen and oxygen atoms in total. The fourth-order valence-corrected chi connectivity index (χ4v) is 4.12. The zero-order valence-corrected chi connectivity index (χ0v) is 22.5. The van der Waals surface area contributed by atoms with E-state index in [0.29, 0.717) is 5.69 Å². The van der Waals surface area contributed by atoms with Crippen molar-refractivity contribution in [3.8, 4) is 11.5 Å². The van der Waals surface area contributed by atoms with Gasteiger partial charge in [-0.25, -0.2) is 9.11 Å². The van der Waals surface area contributed by atoms with Crippen molar-refractivity contribution < 1.29 is 13.9 Å². The summed E-state index contributed by atoms with van der Waals surface area (Å²) in [7, 11) is 3.26. The second-order valence-corrected chi connectivity index (χ2v) is 9.60. The fraction of sp³-hybridized carbons (Fsp3) is 0.280. The molecule has 4 N–H and O–H groups in total. The summed E-state index contributed by atoms with van der Waals surface area (Å²) in [4.78, 5) is 26.6. The van der Waals surface area contributed by atoms with Crippen molar-refractivity contribution in [3.05, 3.63) is 74.3 Å². The average molecular weight is 534 g/mol. The molecule has 0 bridgehead atoms. The first-order valence-corrected chi connectivity index (χ1v) is 12.4. The van der Waals surface area contributed by atoms with Crippen LogP contribution in [0.3, 0.4) is 0 Å². The van der Waals surface area contributed by atoms with Crippen LogP contribution in [0.2, 0.25) is 5.02 Å². The third-order valence-corrected chi connectivity index (χ3v) is 6.14. The second-order valence-electron chi connectivity index (χ2n) is 8.41. The van der Waals surface area contributed by atoms with Crippen molar-refractivity contribution in [3.63, 3.8) is 0 Å². The van der Waals surface area contributed by atoms with Crippen LogP contribution >= 0.6 is 23.7 Å². The van der Waals surface area contributed by atoms with Crippen molar-refractivity contribution in [2.75, 3.05) is 17.1 Å². The van der Waals surface area contributed by atoms with E-state index < -0.39 is 17.3 Å². The van der Waals surface area contributed by atoms with Crippen LogP contribution in [0, 0.1) is 19.7 Å². The third kappa shape index (κ3) is 5.95. The molecule has 0 radical (unpaired) electrons. The van der Waals surface area contributed by atoms with Gasteiger partial charge in [-0.1, -0.05) is 23.7 Å². The maximum Gasteiger partial charge on any atom is 0.259 e. The first kappa shape index (κ1) is 27.4. The number of aromatic nitrogens is 1. The molecule has 192 valence electrons.